The van der Waals surface area contributed by atoms with Gasteiger partial charge in [-0.15, -0.1) is 0 Å². The number of allylic oxidation sites excluding steroid dienone is 2. The summed E-state index contributed by atoms with van der Waals surface area (Å²) in [5, 5.41) is 7.33. The van der Waals surface area contributed by atoms with Crippen LogP contribution in [0.5, 0.6) is 0 Å². The van der Waals surface area contributed by atoms with Crippen molar-refractivity contribution in [2.24, 2.45) is 5.92 Å². The Bertz CT molecular complexity index is 136. The molecule has 0 radical (unpaired) electrons. The smallest absolute Gasteiger partial charge is 0.0310 e. The quantitative estimate of drug-likeness (QED) is 0.511. The molecule has 1 nitrogen and oxygen atoms in total. The Labute approximate surface area is 56.3 Å². The van der Waals surface area contributed by atoms with E-state index in [2.05, 4.69) is 13.0 Å². The fraction of sp³-hybridized carbons (Fsp3) is 0.625. The number of hydrogen-bond acceptors (Lipinski definition) is 1. The van der Waals surface area contributed by atoms with Crippen molar-refractivity contribution in [3.05, 3.63) is 12.2 Å². The molecular weight excluding hydrogens is 110 g/mol. The van der Waals surface area contributed by atoms with Crippen LogP contribution in [0.15, 0.2) is 12.2 Å². The molecule has 0 aromatic heterocycles. The SMILES string of the molecule is CC1CC=CC(=N)CC1. The summed E-state index contributed by atoms with van der Waals surface area (Å²) >= 11 is 0. The van der Waals surface area contributed by atoms with Crippen LogP contribution in [0, 0.1) is 11.3 Å². The predicted molar refractivity (Wildman–Crippen MR) is 39.9 cm³/mol. The van der Waals surface area contributed by atoms with Gasteiger partial charge in [0, 0.05) is 5.71 Å². The Morgan fingerprint density at radius 1 is 1.67 bits per heavy atom. The average Bonchev–Trinajstić information content (AvgIpc) is 1.97. The molecule has 0 heterocycles. The molecule has 0 amide bonds. The largest absolute Gasteiger partial charge is 0.305 e. The van der Waals surface area contributed by atoms with Gasteiger partial charge in [-0.25, -0.2) is 0 Å². The van der Waals surface area contributed by atoms with Crippen LogP contribution >= 0.6 is 0 Å². The van der Waals surface area contributed by atoms with Crippen molar-refractivity contribution < 1.29 is 0 Å². The van der Waals surface area contributed by atoms with Crippen LogP contribution in [0.1, 0.15) is 26.2 Å². The Kier molecular flexibility index (Phi) is 2.04. The summed E-state index contributed by atoms with van der Waals surface area (Å²) in [6, 6.07) is 0. The van der Waals surface area contributed by atoms with Gasteiger partial charge in [0.1, 0.15) is 0 Å². The summed E-state index contributed by atoms with van der Waals surface area (Å²) < 4.78 is 0. The number of nitrogens with one attached hydrogen (secondary N) is 1. The van der Waals surface area contributed by atoms with E-state index in [0.29, 0.717) is 0 Å². The van der Waals surface area contributed by atoms with Gasteiger partial charge in [0.15, 0.2) is 0 Å². The van der Waals surface area contributed by atoms with E-state index in [1.165, 1.54) is 6.42 Å². The fourth-order valence-corrected chi connectivity index (χ4v) is 1.05. The second kappa shape index (κ2) is 2.81. The van der Waals surface area contributed by atoms with Crippen LogP contribution in [-0.2, 0) is 0 Å². The van der Waals surface area contributed by atoms with E-state index in [1.54, 1.807) is 0 Å². The first-order valence-corrected chi connectivity index (χ1v) is 3.53. The van der Waals surface area contributed by atoms with Gasteiger partial charge < -0.3 is 5.41 Å². The Morgan fingerprint density at radius 2 is 2.44 bits per heavy atom. The first kappa shape index (κ1) is 6.53. The van der Waals surface area contributed by atoms with Gasteiger partial charge in [0.2, 0.25) is 0 Å². The fourth-order valence-electron chi connectivity index (χ4n) is 1.05. The van der Waals surface area contributed by atoms with Crippen molar-refractivity contribution in [2.75, 3.05) is 0 Å². The number of hydrogen-bond donors (Lipinski definition) is 1. The molecule has 1 atom stereocenters. The van der Waals surface area contributed by atoms with Crippen molar-refractivity contribution >= 4 is 5.71 Å². The van der Waals surface area contributed by atoms with Crippen molar-refractivity contribution in [1.82, 2.24) is 0 Å². The summed E-state index contributed by atoms with van der Waals surface area (Å²) in [5.74, 6) is 0.782. The molecule has 50 valence electrons. The van der Waals surface area contributed by atoms with Gasteiger partial charge in [-0.05, 0) is 31.3 Å². The van der Waals surface area contributed by atoms with Gasteiger partial charge in [-0.1, -0.05) is 13.0 Å². The minimum atomic E-state index is 0.782. The zero-order chi connectivity index (χ0) is 6.69. The molecule has 1 aliphatic carbocycles. The molecule has 0 bridgehead atoms. The lowest BCUT2D eigenvalue weighted by Gasteiger charge is -2.02. The second-order valence-corrected chi connectivity index (χ2v) is 2.81. The molecule has 0 saturated heterocycles. The van der Waals surface area contributed by atoms with E-state index in [-0.39, 0.29) is 0 Å². The third kappa shape index (κ3) is 2.00. The Hall–Kier alpha value is -0.590. The summed E-state index contributed by atoms with van der Waals surface area (Å²) in [6.07, 6.45) is 7.36. The molecule has 0 aliphatic heterocycles. The minimum Gasteiger partial charge on any atom is -0.305 e. The minimum absolute atomic E-state index is 0.782. The third-order valence-electron chi connectivity index (χ3n) is 1.76. The first-order chi connectivity index (χ1) is 4.29. The molecule has 0 fully saturated rings. The summed E-state index contributed by atoms with van der Waals surface area (Å²) in [5.41, 5.74) is 0.791. The van der Waals surface area contributed by atoms with E-state index in [1.807, 2.05) is 6.08 Å². The topological polar surface area (TPSA) is 23.9 Å². The summed E-state index contributed by atoms with van der Waals surface area (Å²) in [7, 11) is 0. The molecule has 0 saturated carbocycles. The van der Waals surface area contributed by atoms with Gasteiger partial charge in [-0.2, -0.15) is 0 Å². The summed E-state index contributed by atoms with van der Waals surface area (Å²) in [4.78, 5) is 0. The summed E-state index contributed by atoms with van der Waals surface area (Å²) in [6.45, 7) is 2.24. The molecule has 9 heavy (non-hydrogen) atoms. The van der Waals surface area contributed by atoms with Crippen molar-refractivity contribution in [2.45, 2.75) is 26.2 Å². The second-order valence-electron chi connectivity index (χ2n) is 2.81. The van der Waals surface area contributed by atoms with Crippen LogP contribution in [0.4, 0.5) is 0 Å². The normalized spacial score (nSPS) is 28.1. The average molecular weight is 123 g/mol. The third-order valence-corrected chi connectivity index (χ3v) is 1.76. The molecule has 0 spiro atoms. The lowest BCUT2D eigenvalue weighted by Crippen LogP contribution is -1.93. The monoisotopic (exact) mass is 123 g/mol. The molecule has 1 heteroatoms. The zero-order valence-electron chi connectivity index (χ0n) is 5.85. The first-order valence-electron chi connectivity index (χ1n) is 3.53. The van der Waals surface area contributed by atoms with E-state index in [0.717, 1.165) is 24.5 Å². The van der Waals surface area contributed by atoms with E-state index < -0.39 is 0 Å². The molecule has 1 unspecified atom stereocenters. The lowest BCUT2D eigenvalue weighted by molar-refractivity contribution is 0.559. The molecule has 1 aliphatic rings. The van der Waals surface area contributed by atoms with E-state index >= 15 is 0 Å². The van der Waals surface area contributed by atoms with E-state index in [9.17, 15) is 0 Å². The number of rotatable bonds is 0. The predicted octanol–water partition coefficient (Wildman–Crippen LogP) is 2.38. The maximum atomic E-state index is 7.33. The molecule has 1 rings (SSSR count). The Balaban J connectivity index is 2.48. The van der Waals surface area contributed by atoms with Gasteiger partial charge >= 0.3 is 0 Å². The maximum Gasteiger partial charge on any atom is 0.0310 e. The highest BCUT2D eigenvalue weighted by atomic mass is 14.4. The van der Waals surface area contributed by atoms with Gasteiger partial charge in [-0.3, -0.25) is 0 Å². The molecular formula is C8H13N. The molecule has 1 N–H and O–H groups in total. The van der Waals surface area contributed by atoms with Crippen LogP contribution in [0.25, 0.3) is 0 Å². The molecule has 0 aromatic rings. The highest BCUT2D eigenvalue weighted by Crippen LogP contribution is 2.14. The van der Waals surface area contributed by atoms with Gasteiger partial charge in [0.25, 0.3) is 0 Å². The Morgan fingerprint density at radius 3 is 3.22 bits per heavy atom. The van der Waals surface area contributed by atoms with Crippen LogP contribution in [0.2, 0.25) is 0 Å². The highest BCUT2D eigenvalue weighted by Gasteiger charge is 2.04. The highest BCUT2D eigenvalue weighted by molar-refractivity contribution is 5.92. The van der Waals surface area contributed by atoms with Crippen LogP contribution in [-0.4, -0.2) is 5.71 Å². The molecule has 0 aromatic carbocycles. The van der Waals surface area contributed by atoms with Crippen molar-refractivity contribution in [1.29, 1.82) is 5.41 Å². The van der Waals surface area contributed by atoms with E-state index in [4.69, 9.17) is 5.41 Å². The van der Waals surface area contributed by atoms with Crippen molar-refractivity contribution in [3.63, 3.8) is 0 Å². The lowest BCUT2D eigenvalue weighted by atomic mass is 10.0. The maximum absolute atomic E-state index is 7.33. The van der Waals surface area contributed by atoms with Gasteiger partial charge in [0.05, 0.1) is 0 Å². The standard InChI is InChI=1S/C8H13N/c1-7-3-2-4-8(9)6-5-7/h2,4,7,9H,3,5-6H2,1H3. The van der Waals surface area contributed by atoms with Crippen LogP contribution < -0.4 is 0 Å². The zero-order valence-corrected chi connectivity index (χ0v) is 5.85. The van der Waals surface area contributed by atoms with Crippen molar-refractivity contribution in [3.8, 4) is 0 Å². The van der Waals surface area contributed by atoms with Crippen LogP contribution in [0.3, 0.4) is 0 Å².